The minimum Gasteiger partial charge on any atom is -0.326 e. The normalized spacial score (nSPS) is 11.7. The second-order valence-corrected chi connectivity index (χ2v) is 4.55. The number of benzene rings is 2. The summed E-state index contributed by atoms with van der Waals surface area (Å²) in [7, 11) is 0. The van der Waals surface area contributed by atoms with Crippen LogP contribution in [0.15, 0.2) is 36.4 Å². The Balaban J connectivity index is 2.49. The van der Waals surface area contributed by atoms with Crippen molar-refractivity contribution in [3.05, 3.63) is 58.9 Å². The van der Waals surface area contributed by atoms with Gasteiger partial charge in [-0.25, -0.2) is 4.39 Å². The number of halogens is 4. The summed E-state index contributed by atoms with van der Waals surface area (Å²) in [5.74, 6) is -0.490. The van der Waals surface area contributed by atoms with E-state index in [1.165, 1.54) is 25.1 Å². The Morgan fingerprint density at radius 2 is 1.65 bits per heavy atom. The van der Waals surface area contributed by atoms with E-state index >= 15 is 0 Å². The predicted octanol–water partition coefficient (Wildman–Crippen LogP) is 4.28. The molecule has 0 radical (unpaired) electrons. The topological polar surface area (TPSA) is 26.0 Å². The summed E-state index contributed by atoms with van der Waals surface area (Å²) in [5, 5.41) is 0. The molecule has 2 aromatic rings. The zero-order valence-corrected chi connectivity index (χ0v) is 10.8. The molecule has 0 saturated heterocycles. The molecule has 0 unspecified atom stereocenters. The van der Waals surface area contributed by atoms with Crippen LogP contribution in [-0.2, 0) is 12.7 Å². The molecule has 0 aliphatic rings. The molecule has 0 aromatic heterocycles. The Morgan fingerprint density at radius 1 is 1.00 bits per heavy atom. The van der Waals surface area contributed by atoms with Crippen LogP contribution < -0.4 is 5.73 Å². The van der Waals surface area contributed by atoms with Gasteiger partial charge >= 0.3 is 6.18 Å². The quantitative estimate of drug-likeness (QED) is 0.818. The summed E-state index contributed by atoms with van der Waals surface area (Å²) in [4.78, 5) is 0. The number of nitrogens with two attached hydrogens (primary N) is 1. The second-order valence-electron chi connectivity index (χ2n) is 4.55. The van der Waals surface area contributed by atoms with Crippen molar-refractivity contribution in [1.29, 1.82) is 0 Å². The zero-order valence-electron chi connectivity index (χ0n) is 10.8. The van der Waals surface area contributed by atoms with Crippen LogP contribution in [0, 0.1) is 12.7 Å². The van der Waals surface area contributed by atoms with Crippen LogP contribution in [0.5, 0.6) is 0 Å². The van der Waals surface area contributed by atoms with E-state index < -0.39 is 17.6 Å². The monoisotopic (exact) mass is 283 g/mol. The number of alkyl halides is 3. The van der Waals surface area contributed by atoms with E-state index in [1.807, 2.05) is 0 Å². The highest BCUT2D eigenvalue weighted by Gasteiger charge is 2.30. The molecule has 106 valence electrons. The van der Waals surface area contributed by atoms with Gasteiger partial charge in [-0.2, -0.15) is 13.2 Å². The molecule has 0 spiro atoms. The maximum Gasteiger partial charge on any atom is 0.416 e. The fourth-order valence-corrected chi connectivity index (χ4v) is 2.05. The molecule has 0 atom stereocenters. The average molecular weight is 283 g/mol. The Morgan fingerprint density at radius 3 is 2.15 bits per heavy atom. The zero-order chi connectivity index (χ0) is 14.9. The van der Waals surface area contributed by atoms with Crippen molar-refractivity contribution < 1.29 is 17.6 Å². The first-order valence-electron chi connectivity index (χ1n) is 5.99. The molecule has 1 nitrogen and oxygen atoms in total. The van der Waals surface area contributed by atoms with Crippen molar-refractivity contribution in [2.45, 2.75) is 19.6 Å². The molecule has 5 heteroatoms. The van der Waals surface area contributed by atoms with Gasteiger partial charge in [0.2, 0.25) is 0 Å². The molecular formula is C15H13F4N. The standard InChI is InChI=1S/C15H13F4N/c1-9-6-11(15(17,18)19)3-5-12(9)13-4-2-10(8-20)7-14(13)16/h2-7H,8,20H2,1H3. The maximum atomic E-state index is 14.0. The lowest BCUT2D eigenvalue weighted by atomic mass is 9.97. The van der Waals surface area contributed by atoms with Crippen molar-refractivity contribution in [1.82, 2.24) is 0 Å². The molecule has 0 aliphatic carbocycles. The maximum absolute atomic E-state index is 14.0. The van der Waals surface area contributed by atoms with E-state index in [4.69, 9.17) is 5.73 Å². The summed E-state index contributed by atoms with van der Waals surface area (Å²) < 4.78 is 51.7. The van der Waals surface area contributed by atoms with Gasteiger partial charge in [-0.1, -0.05) is 18.2 Å². The van der Waals surface area contributed by atoms with E-state index in [9.17, 15) is 17.6 Å². The summed E-state index contributed by atoms with van der Waals surface area (Å²) in [6, 6.07) is 7.76. The number of aryl methyl sites for hydroxylation is 1. The number of hydrogen-bond acceptors (Lipinski definition) is 1. The molecule has 20 heavy (non-hydrogen) atoms. The third-order valence-electron chi connectivity index (χ3n) is 3.11. The van der Waals surface area contributed by atoms with Gasteiger partial charge in [0.15, 0.2) is 0 Å². The van der Waals surface area contributed by atoms with E-state index in [1.54, 1.807) is 6.07 Å². The molecule has 2 N–H and O–H groups in total. The molecule has 0 heterocycles. The van der Waals surface area contributed by atoms with Crippen molar-refractivity contribution in [2.24, 2.45) is 5.73 Å². The number of rotatable bonds is 2. The Kier molecular flexibility index (Phi) is 3.81. The van der Waals surface area contributed by atoms with E-state index in [0.717, 1.165) is 12.1 Å². The first-order valence-corrected chi connectivity index (χ1v) is 5.99. The fraction of sp³-hybridized carbons (Fsp3) is 0.200. The lowest BCUT2D eigenvalue weighted by Crippen LogP contribution is -2.05. The largest absolute Gasteiger partial charge is 0.416 e. The third kappa shape index (κ3) is 2.82. The molecule has 2 rings (SSSR count). The van der Waals surface area contributed by atoms with Crippen LogP contribution in [0.1, 0.15) is 16.7 Å². The molecule has 2 aromatic carbocycles. The van der Waals surface area contributed by atoms with Crippen LogP contribution in [0.25, 0.3) is 11.1 Å². The van der Waals surface area contributed by atoms with Crippen molar-refractivity contribution in [3.63, 3.8) is 0 Å². The Bertz CT molecular complexity index is 632. The van der Waals surface area contributed by atoms with Gasteiger partial charge in [0.05, 0.1) is 5.56 Å². The number of hydrogen-bond donors (Lipinski definition) is 1. The van der Waals surface area contributed by atoms with Crippen LogP contribution in [0.4, 0.5) is 17.6 Å². The Labute approximate surface area is 114 Å². The fourth-order valence-electron chi connectivity index (χ4n) is 2.05. The van der Waals surface area contributed by atoms with Gasteiger partial charge in [0.25, 0.3) is 0 Å². The van der Waals surface area contributed by atoms with Gasteiger partial charge in [0, 0.05) is 12.1 Å². The Hall–Kier alpha value is -1.88. The van der Waals surface area contributed by atoms with E-state index in [0.29, 0.717) is 16.7 Å². The highest BCUT2D eigenvalue weighted by atomic mass is 19.4. The third-order valence-corrected chi connectivity index (χ3v) is 3.11. The molecule has 0 fully saturated rings. The highest BCUT2D eigenvalue weighted by Crippen LogP contribution is 2.34. The minimum atomic E-state index is -4.40. The second kappa shape index (κ2) is 5.25. The van der Waals surface area contributed by atoms with Gasteiger partial charge in [-0.05, 0) is 41.8 Å². The summed E-state index contributed by atoms with van der Waals surface area (Å²) in [6.45, 7) is 1.74. The summed E-state index contributed by atoms with van der Waals surface area (Å²) in [6.07, 6.45) is -4.40. The molecule has 0 saturated carbocycles. The molecule has 0 bridgehead atoms. The summed E-state index contributed by atoms with van der Waals surface area (Å²) >= 11 is 0. The van der Waals surface area contributed by atoms with E-state index in [2.05, 4.69) is 0 Å². The lowest BCUT2D eigenvalue weighted by Gasteiger charge is -2.12. The van der Waals surface area contributed by atoms with E-state index in [-0.39, 0.29) is 12.1 Å². The lowest BCUT2D eigenvalue weighted by molar-refractivity contribution is -0.137. The smallest absolute Gasteiger partial charge is 0.326 e. The van der Waals surface area contributed by atoms with Crippen molar-refractivity contribution in [3.8, 4) is 11.1 Å². The van der Waals surface area contributed by atoms with Gasteiger partial charge < -0.3 is 5.73 Å². The van der Waals surface area contributed by atoms with Gasteiger partial charge in [-0.3, -0.25) is 0 Å². The first-order chi connectivity index (χ1) is 9.32. The molecule has 0 aliphatic heterocycles. The molecule has 0 amide bonds. The van der Waals surface area contributed by atoms with Gasteiger partial charge in [-0.15, -0.1) is 0 Å². The average Bonchev–Trinajstić information content (AvgIpc) is 2.38. The first kappa shape index (κ1) is 14.5. The van der Waals surface area contributed by atoms with Crippen LogP contribution in [0.3, 0.4) is 0 Å². The van der Waals surface area contributed by atoms with Crippen LogP contribution in [-0.4, -0.2) is 0 Å². The summed E-state index contributed by atoms with van der Waals surface area (Å²) in [5.41, 5.74) is 6.40. The predicted molar refractivity (Wildman–Crippen MR) is 69.5 cm³/mol. The van der Waals surface area contributed by atoms with Crippen molar-refractivity contribution in [2.75, 3.05) is 0 Å². The minimum absolute atomic E-state index is 0.212. The van der Waals surface area contributed by atoms with Crippen LogP contribution >= 0.6 is 0 Å². The molecular weight excluding hydrogens is 270 g/mol. The highest BCUT2D eigenvalue weighted by molar-refractivity contribution is 5.68. The van der Waals surface area contributed by atoms with Gasteiger partial charge in [0.1, 0.15) is 5.82 Å². The SMILES string of the molecule is Cc1cc(C(F)(F)F)ccc1-c1ccc(CN)cc1F. The van der Waals surface area contributed by atoms with Crippen LogP contribution in [0.2, 0.25) is 0 Å². The van der Waals surface area contributed by atoms with Crippen molar-refractivity contribution >= 4 is 0 Å².